The zero-order valence-corrected chi connectivity index (χ0v) is 15.1. The van der Waals surface area contributed by atoms with E-state index in [1.165, 1.54) is 5.69 Å². The van der Waals surface area contributed by atoms with Crippen LogP contribution in [0.5, 0.6) is 0 Å². The molecule has 7 heteroatoms. The molecule has 3 aromatic rings. The summed E-state index contributed by atoms with van der Waals surface area (Å²) in [5.41, 5.74) is 2.46. The third-order valence-corrected chi connectivity index (χ3v) is 5.32. The van der Waals surface area contributed by atoms with E-state index in [9.17, 15) is 8.78 Å². The van der Waals surface area contributed by atoms with Crippen molar-refractivity contribution in [1.29, 1.82) is 0 Å². The van der Waals surface area contributed by atoms with Gasteiger partial charge in [0.1, 0.15) is 0 Å². The van der Waals surface area contributed by atoms with E-state index in [0.29, 0.717) is 12.2 Å². The lowest BCUT2D eigenvalue weighted by molar-refractivity contribution is 0.0715. The average molecular weight is 374 g/mol. The van der Waals surface area contributed by atoms with E-state index in [1.54, 1.807) is 12.1 Å². The highest BCUT2D eigenvalue weighted by Gasteiger charge is 2.21. The topological polar surface area (TPSA) is 16.3 Å². The van der Waals surface area contributed by atoms with Gasteiger partial charge in [0.15, 0.2) is 4.77 Å². The number of anilines is 1. The first-order chi connectivity index (χ1) is 12.6. The summed E-state index contributed by atoms with van der Waals surface area (Å²) in [6.45, 7) is 1.44. The quantitative estimate of drug-likeness (QED) is 0.632. The highest BCUT2D eigenvalue weighted by Crippen LogP contribution is 2.24. The van der Waals surface area contributed by atoms with Gasteiger partial charge in [0.05, 0.1) is 17.7 Å². The van der Waals surface area contributed by atoms with Crippen molar-refractivity contribution in [2.75, 3.05) is 31.1 Å². The number of alkyl halides is 2. The normalized spacial score (nSPS) is 15.9. The van der Waals surface area contributed by atoms with Crippen LogP contribution in [-0.4, -0.2) is 40.2 Å². The number of aromatic nitrogens is 2. The number of rotatable bonds is 4. The Hall–Kier alpha value is -2.25. The van der Waals surface area contributed by atoms with E-state index < -0.39 is 6.55 Å². The van der Waals surface area contributed by atoms with Gasteiger partial charge >= 0.3 is 6.55 Å². The second-order valence-electron chi connectivity index (χ2n) is 6.43. The number of nitrogens with zero attached hydrogens (tertiary/aromatic N) is 4. The summed E-state index contributed by atoms with van der Waals surface area (Å²) in [6, 6.07) is 17.5. The minimum absolute atomic E-state index is 0.173. The first-order valence-corrected chi connectivity index (χ1v) is 9.06. The molecule has 0 unspecified atom stereocenters. The fourth-order valence-corrected chi connectivity index (χ4v) is 3.88. The van der Waals surface area contributed by atoms with E-state index in [1.807, 2.05) is 34.9 Å². The van der Waals surface area contributed by atoms with Crippen LogP contribution in [0.25, 0.3) is 11.0 Å². The predicted octanol–water partition coefficient (Wildman–Crippen LogP) is 4.35. The highest BCUT2D eigenvalue weighted by atomic mass is 32.1. The molecule has 1 fully saturated rings. The van der Waals surface area contributed by atoms with Crippen molar-refractivity contribution < 1.29 is 8.78 Å². The second kappa shape index (κ2) is 7.17. The maximum absolute atomic E-state index is 13.5. The molecule has 0 atom stereocenters. The lowest BCUT2D eigenvalue weighted by atomic mass is 10.2. The zero-order chi connectivity index (χ0) is 18.1. The van der Waals surface area contributed by atoms with Gasteiger partial charge in [0.2, 0.25) is 0 Å². The number of hydrogen-bond acceptors (Lipinski definition) is 3. The molecule has 2 aromatic carbocycles. The molecule has 2 heterocycles. The number of hydrogen-bond donors (Lipinski definition) is 0. The van der Waals surface area contributed by atoms with Gasteiger partial charge in [0, 0.05) is 31.9 Å². The first kappa shape index (κ1) is 17.2. The Balaban J connectivity index is 1.54. The van der Waals surface area contributed by atoms with Crippen LogP contribution in [0.1, 0.15) is 6.55 Å². The molecule has 1 aromatic heterocycles. The Labute approximate surface area is 155 Å². The molecular formula is C19H20F2N4S. The molecule has 1 aliphatic heterocycles. The molecule has 0 amide bonds. The van der Waals surface area contributed by atoms with Crippen molar-refractivity contribution in [3.05, 3.63) is 59.4 Å². The summed E-state index contributed by atoms with van der Waals surface area (Å²) < 4.78 is 29.8. The van der Waals surface area contributed by atoms with Crippen molar-refractivity contribution in [2.45, 2.75) is 13.2 Å². The average Bonchev–Trinajstić information content (AvgIpc) is 2.95. The van der Waals surface area contributed by atoms with Crippen LogP contribution < -0.4 is 4.90 Å². The molecule has 0 spiro atoms. The monoisotopic (exact) mass is 374 g/mol. The SMILES string of the molecule is FC(F)n1c(=S)n(CN2CCN(c3ccccc3)CC2)c2ccccc21. The number of para-hydroxylation sites is 3. The Morgan fingerprint density at radius 1 is 0.846 bits per heavy atom. The molecule has 0 saturated carbocycles. The molecular weight excluding hydrogens is 354 g/mol. The third kappa shape index (κ3) is 3.12. The molecule has 0 aliphatic carbocycles. The Bertz CT molecular complexity index is 943. The molecule has 136 valence electrons. The minimum Gasteiger partial charge on any atom is -0.369 e. The summed E-state index contributed by atoms with van der Waals surface area (Å²) in [5.74, 6) is 0. The van der Waals surface area contributed by atoms with Crippen molar-refractivity contribution in [1.82, 2.24) is 14.0 Å². The number of piperazine rings is 1. The fourth-order valence-electron chi connectivity index (χ4n) is 3.54. The van der Waals surface area contributed by atoms with Crippen LogP contribution in [0.3, 0.4) is 0 Å². The van der Waals surface area contributed by atoms with Gasteiger partial charge in [-0.2, -0.15) is 8.78 Å². The summed E-state index contributed by atoms with van der Waals surface area (Å²) >= 11 is 5.35. The molecule has 26 heavy (non-hydrogen) atoms. The predicted molar refractivity (Wildman–Crippen MR) is 102 cm³/mol. The largest absolute Gasteiger partial charge is 0.369 e. The molecule has 1 saturated heterocycles. The molecule has 4 nitrogen and oxygen atoms in total. The lowest BCUT2D eigenvalue weighted by Gasteiger charge is -2.36. The van der Waals surface area contributed by atoms with Crippen LogP contribution in [0.4, 0.5) is 14.5 Å². The molecule has 4 rings (SSSR count). The molecule has 0 radical (unpaired) electrons. The van der Waals surface area contributed by atoms with E-state index in [4.69, 9.17) is 12.2 Å². The second-order valence-corrected chi connectivity index (χ2v) is 6.79. The van der Waals surface area contributed by atoms with Gasteiger partial charge < -0.3 is 9.47 Å². The van der Waals surface area contributed by atoms with E-state index >= 15 is 0 Å². The van der Waals surface area contributed by atoms with E-state index in [2.05, 4.69) is 21.9 Å². The van der Waals surface area contributed by atoms with Crippen molar-refractivity contribution in [3.8, 4) is 0 Å². The van der Waals surface area contributed by atoms with Crippen LogP contribution in [0.15, 0.2) is 54.6 Å². The van der Waals surface area contributed by atoms with Crippen molar-refractivity contribution >= 4 is 28.9 Å². The van der Waals surface area contributed by atoms with Gasteiger partial charge in [-0.3, -0.25) is 9.47 Å². The van der Waals surface area contributed by atoms with Gasteiger partial charge in [-0.1, -0.05) is 30.3 Å². The van der Waals surface area contributed by atoms with Gasteiger partial charge in [0.25, 0.3) is 0 Å². The molecule has 1 aliphatic rings. The van der Waals surface area contributed by atoms with E-state index in [-0.39, 0.29) is 4.77 Å². The smallest absolute Gasteiger partial charge is 0.321 e. The Morgan fingerprint density at radius 2 is 1.46 bits per heavy atom. The van der Waals surface area contributed by atoms with Crippen LogP contribution in [-0.2, 0) is 6.67 Å². The number of halogens is 2. The van der Waals surface area contributed by atoms with Gasteiger partial charge in [-0.25, -0.2) is 0 Å². The standard InChI is InChI=1S/C19H20F2N4S/c20-18(21)25-17-9-5-4-8-16(17)24(19(25)26)14-22-10-12-23(13-11-22)15-6-2-1-3-7-15/h1-9,18H,10-14H2. The maximum Gasteiger partial charge on any atom is 0.321 e. The van der Waals surface area contributed by atoms with Gasteiger partial charge in [-0.15, -0.1) is 0 Å². The zero-order valence-electron chi connectivity index (χ0n) is 14.3. The highest BCUT2D eigenvalue weighted by molar-refractivity contribution is 7.71. The summed E-state index contributed by atoms with van der Waals surface area (Å²) in [7, 11) is 0. The molecule has 0 bridgehead atoms. The number of benzene rings is 2. The van der Waals surface area contributed by atoms with Crippen LogP contribution >= 0.6 is 12.2 Å². The lowest BCUT2D eigenvalue weighted by Crippen LogP contribution is -2.46. The summed E-state index contributed by atoms with van der Waals surface area (Å²) in [6.07, 6.45) is 0. The van der Waals surface area contributed by atoms with Crippen molar-refractivity contribution in [3.63, 3.8) is 0 Å². The van der Waals surface area contributed by atoms with Gasteiger partial charge in [-0.05, 0) is 36.5 Å². The number of fused-ring (bicyclic) bond motifs is 1. The first-order valence-electron chi connectivity index (χ1n) is 8.65. The Kier molecular flexibility index (Phi) is 4.74. The minimum atomic E-state index is -2.64. The fraction of sp³-hybridized carbons (Fsp3) is 0.316. The van der Waals surface area contributed by atoms with Crippen LogP contribution in [0.2, 0.25) is 0 Å². The summed E-state index contributed by atoms with van der Waals surface area (Å²) in [4.78, 5) is 4.61. The Morgan fingerprint density at radius 3 is 2.12 bits per heavy atom. The third-order valence-electron chi connectivity index (χ3n) is 4.90. The number of imidazole rings is 1. The maximum atomic E-state index is 13.5. The van der Waals surface area contributed by atoms with Crippen molar-refractivity contribution in [2.24, 2.45) is 0 Å². The van der Waals surface area contributed by atoms with Crippen LogP contribution in [0, 0.1) is 4.77 Å². The van der Waals surface area contributed by atoms with E-state index in [0.717, 1.165) is 36.3 Å². The summed E-state index contributed by atoms with van der Waals surface area (Å²) in [5, 5.41) is 0. The molecule has 0 N–H and O–H groups in total.